The van der Waals surface area contributed by atoms with E-state index in [-0.39, 0.29) is 0 Å². The van der Waals surface area contributed by atoms with Crippen LogP contribution in [-0.4, -0.2) is 15.0 Å². The fraction of sp³-hybridized carbons (Fsp3) is 0.200. The van der Waals surface area contributed by atoms with Crippen molar-refractivity contribution >= 4 is 15.9 Å². The Hall–Kier alpha value is -1.36. The van der Waals surface area contributed by atoms with Crippen molar-refractivity contribution in [3.8, 4) is 5.75 Å². The Morgan fingerprint density at radius 3 is 2.67 bits per heavy atom. The molecule has 0 atom stereocenters. The molecule has 5 heteroatoms. The third-order valence-corrected chi connectivity index (χ3v) is 2.38. The number of benzene rings is 1. The molecule has 0 saturated carbocycles. The van der Waals surface area contributed by atoms with Gasteiger partial charge < -0.3 is 4.74 Å². The smallest absolute Gasteiger partial charge is 0.134 e. The van der Waals surface area contributed by atoms with Crippen LogP contribution in [-0.2, 0) is 13.7 Å². The highest BCUT2D eigenvalue weighted by molar-refractivity contribution is 9.10. The van der Waals surface area contributed by atoms with Crippen molar-refractivity contribution in [2.45, 2.75) is 6.61 Å². The van der Waals surface area contributed by atoms with E-state index in [0.717, 1.165) is 15.9 Å². The van der Waals surface area contributed by atoms with Crippen molar-refractivity contribution in [1.29, 1.82) is 0 Å². The molecule has 0 unspecified atom stereocenters. The van der Waals surface area contributed by atoms with Gasteiger partial charge in [0.1, 0.15) is 18.1 Å². The zero-order valence-electron chi connectivity index (χ0n) is 8.22. The zero-order chi connectivity index (χ0) is 10.7. The first-order chi connectivity index (χ1) is 7.24. The molecule has 0 aliphatic rings. The Morgan fingerprint density at radius 2 is 2.07 bits per heavy atom. The molecule has 4 nitrogen and oxygen atoms in total. The summed E-state index contributed by atoms with van der Waals surface area (Å²) < 4.78 is 8.21. The number of ether oxygens (including phenoxy) is 1. The van der Waals surface area contributed by atoms with E-state index in [1.54, 1.807) is 4.68 Å². The van der Waals surface area contributed by atoms with Crippen molar-refractivity contribution in [3.63, 3.8) is 0 Å². The van der Waals surface area contributed by atoms with Crippen molar-refractivity contribution in [2.24, 2.45) is 7.05 Å². The lowest BCUT2D eigenvalue weighted by Gasteiger charge is -2.02. The number of rotatable bonds is 3. The molecule has 0 N–H and O–H groups in total. The van der Waals surface area contributed by atoms with Crippen molar-refractivity contribution in [2.75, 3.05) is 0 Å². The van der Waals surface area contributed by atoms with Gasteiger partial charge in [-0.05, 0) is 24.3 Å². The second kappa shape index (κ2) is 4.44. The second-order valence-electron chi connectivity index (χ2n) is 3.13. The molecule has 0 bridgehead atoms. The first-order valence-corrected chi connectivity index (χ1v) is 5.27. The second-order valence-corrected chi connectivity index (χ2v) is 4.04. The van der Waals surface area contributed by atoms with Crippen LogP contribution < -0.4 is 4.74 Å². The normalized spacial score (nSPS) is 10.3. The highest BCUT2D eigenvalue weighted by Gasteiger charge is 1.99. The summed E-state index contributed by atoms with van der Waals surface area (Å²) in [6, 6.07) is 7.68. The fourth-order valence-corrected chi connectivity index (χ4v) is 1.41. The standard InChI is InChI=1S/C10H10BrN3O/c1-14-6-9(12-13-14)7-15-10-4-2-8(11)3-5-10/h2-6H,7H2,1H3. The van der Waals surface area contributed by atoms with Crippen molar-refractivity contribution in [3.05, 3.63) is 40.6 Å². The van der Waals surface area contributed by atoms with Gasteiger partial charge in [0.2, 0.25) is 0 Å². The molecule has 2 aromatic rings. The largest absolute Gasteiger partial charge is 0.487 e. The predicted octanol–water partition coefficient (Wildman–Crippen LogP) is 2.16. The highest BCUT2D eigenvalue weighted by atomic mass is 79.9. The minimum absolute atomic E-state index is 0.440. The molecule has 15 heavy (non-hydrogen) atoms. The predicted molar refractivity (Wildman–Crippen MR) is 59.5 cm³/mol. The third kappa shape index (κ3) is 2.79. The molecule has 0 aliphatic heterocycles. The molecule has 0 fully saturated rings. The quantitative estimate of drug-likeness (QED) is 0.856. The van der Waals surface area contributed by atoms with Crippen LogP contribution in [0.4, 0.5) is 0 Å². The molecular formula is C10H10BrN3O. The average Bonchev–Trinajstić information content (AvgIpc) is 2.64. The third-order valence-electron chi connectivity index (χ3n) is 1.85. The summed E-state index contributed by atoms with van der Waals surface area (Å²) in [5, 5.41) is 7.75. The number of aryl methyl sites for hydroxylation is 1. The Morgan fingerprint density at radius 1 is 1.33 bits per heavy atom. The minimum atomic E-state index is 0.440. The highest BCUT2D eigenvalue weighted by Crippen LogP contribution is 2.16. The van der Waals surface area contributed by atoms with Gasteiger partial charge in [-0.2, -0.15) is 0 Å². The first-order valence-electron chi connectivity index (χ1n) is 4.47. The van der Waals surface area contributed by atoms with Gasteiger partial charge in [0.25, 0.3) is 0 Å². The lowest BCUT2D eigenvalue weighted by Crippen LogP contribution is -1.95. The summed E-state index contributed by atoms with van der Waals surface area (Å²) in [7, 11) is 1.83. The van der Waals surface area contributed by atoms with Gasteiger partial charge in [0.05, 0.1) is 6.20 Å². The van der Waals surface area contributed by atoms with E-state index < -0.39 is 0 Å². The van der Waals surface area contributed by atoms with Gasteiger partial charge in [0, 0.05) is 11.5 Å². The van der Waals surface area contributed by atoms with Crippen LogP contribution in [0.25, 0.3) is 0 Å². The van der Waals surface area contributed by atoms with Gasteiger partial charge in [-0.15, -0.1) is 5.10 Å². The van der Waals surface area contributed by atoms with Crippen molar-refractivity contribution in [1.82, 2.24) is 15.0 Å². The Labute approximate surface area is 96.0 Å². The molecule has 1 aromatic carbocycles. The zero-order valence-corrected chi connectivity index (χ0v) is 9.81. The number of aromatic nitrogens is 3. The topological polar surface area (TPSA) is 39.9 Å². The van der Waals surface area contributed by atoms with Crippen LogP contribution in [0, 0.1) is 0 Å². The van der Waals surface area contributed by atoms with E-state index in [1.807, 2.05) is 37.5 Å². The van der Waals surface area contributed by atoms with E-state index in [9.17, 15) is 0 Å². The maximum atomic E-state index is 5.52. The van der Waals surface area contributed by atoms with Gasteiger partial charge in [-0.1, -0.05) is 21.1 Å². The summed E-state index contributed by atoms with van der Waals surface area (Å²) in [4.78, 5) is 0. The molecule has 0 aliphatic carbocycles. The lowest BCUT2D eigenvalue weighted by atomic mass is 10.3. The molecule has 78 valence electrons. The number of halogens is 1. The number of hydrogen-bond acceptors (Lipinski definition) is 3. The molecule has 0 radical (unpaired) electrons. The van der Waals surface area contributed by atoms with Crippen LogP contribution in [0.5, 0.6) is 5.75 Å². The Kier molecular flexibility index (Phi) is 3.01. The van der Waals surface area contributed by atoms with Crippen LogP contribution in [0.1, 0.15) is 5.69 Å². The fourth-order valence-electron chi connectivity index (χ4n) is 1.15. The summed E-state index contributed by atoms with van der Waals surface area (Å²) >= 11 is 3.36. The van der Waals surface area contributed by atoms with E-state index in [4.69, 9.17) is 4.74 Å². The van der Waals surface area contributed by atoms with Crippen LogP contribution >= 0.6 is 15.9 Å². The summed E-state index contributed by atoms with van der Waals surface area (Å²) in [5.41, 5.74) is 0.820. The molecule has 1 aromatic heterocycles. The molecular weight excluding hydrogens is 258 g/mol. The maximum absolute atomic E-state index is 5.52. The van der Waals surface area contributed by atoms with Gasteiger partial charge >= 0.3 is 0 Å². The minimum Gasteiger partial charge on any atom is -0.487 e. The van der Waals surface area contributed by atoms with E-state index in [0.29, 0.717) is 6.61 Å². The Bertz CT molecular complexity index is 438. The maximum Gasteiger partial charge on any atom is 0.134 e. The summed E-state index contributed by atoms with van der Waals surface area (Å²) in [5.74, 6) is 0.823. The monoisotopic (exact) mass is 267 g/mol. The van der Waals surface area contributed by atoms with Gasteiger partial charge in [-0.3, -0.25) is 4.68 Å². The van der Waals surface area contributed by atoms with E-state index in [2.05, 4.69) is 26.2 Å². The van der Waals surface area contributed by atoms with E-state index in [1.165, 1.54) is 0 Å². The summed E-state index contributed by atoms with van der Waals surface area (Å²) in [6.07, 6.45) is 1.83. The molecule has 1 heterocycles. The van der Waals surface area contributed by atoms with E-state index >= 15 is 0 Å². The molecule has 2 rings (SSSR count). The van der Waals surface area contributed by atoms with Crippen LogP contribution in [0.3, 0.4) is 0 Å². The average molecular weight is 268 g/mol. The first kappa shape index (κ1) is 10.2. The molecule has 0 amide bonds. The molecule has 0 saturated heterocycles. The van der Waals surface area contributed by atoms with Crippen LogP contribution in [0.2, 0.25) is 0 Å². The van der Waals surface area contributed by atoms with Gasteiger partial charge in [0.15, 0.2) is 0 Å². The Balaban J connectivity index is 1.96. The van der Waals surface area contributed by atoms with Crippen LogP contribution in [0.15, 0.2) is 34.9 Å². The van der Waals surface area contributed by atoms with Gasteiger partial charge in [-0.25, -0.2) is 0 Å². The molecule has 0 spiro atoms. The summed E-state index contributed by atoms with van der Waals surface area (Å²) in [6.45, 7) is 0.440. The SMILES string of the molecule is Cn1cc(COc2ccc(Br)cc2)nn1. The number of nitrogens with zero attached hydrogens (tertiary/aromatic N) is 3. The van der Waals surface area contributed by atoms with Crippen molar-refractivity contribution < 1.29 is 4.74 Å². The number of hydrogen-bond donors (Lipinski definition) is 0. The lowest BCUT2D eigenvalue weighted by molar-refractivity contribution is 0.301.